The van der Waals surface area contributed by atoms with Crippen LogP contribution in [0.3, 0.4) is 0 Å². The van der Waals surface area contributed by atoms with Gasteiger partial charge in [-0.15, -0.1) is 0 Å². The molecule has 0 unspecified atom stereocenters. The lowest BCUT2D eigenvalue weighted by molar-refractivity contribution is 0.284. The summed E-state index contributed by atoms with van der Waals surface area (Å²) in [6.07, 6.45) is 1.71. The minimum absolute atomic E-state index is 0.350. The minimum Gasteiger partial charge on any atom is -0.493 e. The van der Waals surface area contributed by atoms with Gasteiger partial charge < -0.3 is 9.47 Å². The molecular weight excluding hydrogens is 417 g/mol. The van der Waals surface area contributed by atoms with Crippen LogP contribution in [-0.4, -0.2) is 13.3 Å². The molecule has 0 spiro atoms. The molecule has 6 heteroatoms. The zero-order valence-electron chi connectivity index (χ0n) is 15.4. The van der Waals surface area contributed by atoms with Crippen molar-refractivity contribution in [3.8, 4) is 11.5 Å². The molecule has 0 bridgehead atoms. The topological polar surface area (TPSA) is 30.8 Å². The third-order valence-corrected chi connectivity index (χ3v) is 5.01. The molecular formula is C22H18Cl3NO2. The smallest absolute Gasteiger partial charge is 0.180 e. The van der Waals surface area contributed by atoms with Crippen LogP contribution >= 0.6 is 34.8 Å². The summed E-state index contributed by atoms with van der Waals surface area (Å²) in [5, 5.41) is 1.80. The highest BCUT2D eigenvalue weighted by Gasteiger charge is 2.12. The Morgan fingerprint density at radius 1 is 0.929 bits per heavy atom. The van der Waals surface area contributed by atoms with Gasteiger partial charge in [-0.3, -0.25) is 4.99 Å². The lowest BCUT2D eigenvalue weighted by Gasteiger charge is -2.13. The molecule has 0 saturated carbocycles. The average molecular weight is 435 g/mol. The maximum atomic E-state index is 6.42. The second kappa shape index (κ2) is 9.33. The van der Waals surface area contributed by atoms with Crippen LogP contribution in [0, 0.1) is 6.92 Å². The van der Waals surface area contributed by atoms with Gasteiger partial charge in [-0.25, -0.2) is 0 Å². The number of hydrogen-bond donors (Lipinski definition) is 0. The first-order valence-electron chi connectivity index (χ1n) is 8.51. The summed E-state index contributed by atoms with van der Waals surface area (Å²) in [6, 6.07) is 16.7. The van der Waals surface area contributed by atoms with Crippen molar-refractivity contribution in [3.05, 3.63) is 86.4 Å². The molecule has 0 N–H and O–H groups in total. The molecule has 144 valence electrons. The summed E-state index contributed by atoms with van der Waals surface area (Å²) in [7, 11) is 1.57. The lowest BCUT2D eigenvalue weighted by Crippen LogP contribution is -1.99. The molecule has 0 radical (unpaired) electrons. The molecule has 28 heavy (non-hydrogen) atoms. The Balaban J connectivity index is 1.79. The molecule has 0 amide bonds. The largest absolute Gasteiger partial charge is 0.493 e. The van der Waals surface area contributed by atoms with Gasteiger partial charge in [0, 0.05) is 16.3 Å². The van der Waals surface area contributed by atoms with Crippen LogP contribution in [0.25, 0.3) is 0 Å². The van der Waals surface area contributed by atoms with Gasteiger partial charge in [-0.1, -0.05) is 53.0 Å². The van der Waals surface area contributed by atoms with E-state index < -0.39 is 0 Å². The lowest BCUT2D eigenvalue weighted by atomic mass is 10.2. The zero-order valence-corrected chi connectivity index (χ0v) is 17.6. The minimum atomic E-state index is 0.350. The van der Waals surface area contributed by atoms with Gasteiger partial charge in [-0.05, 0) is 60.0 Å². The summed E-state index contributed by atoms with van der Waals surface area (Å²) in [5.41, 5.74) is 3.53. The monoisotopic (exact) mass is 433 g/mol. The number of methoxy groups -OCH3 is 1. The normalized spacial score (nSPS) is 11.0. The van der Waals surface area contributed by atoms with E-state index in [4.69, 9.17) is 44.3 Å². The molecule has 3 rings (SSSR count). The third-order valence-electron chi connectivity index (χ3n) is 4.07. The second-order valence-electron chi connectivity index (χ2n) is 6.14. The molecule has 0 atom stereocenters. The second-order valence-corrected chi connectivity index (χ2v) is 7.39. The van der Waals surface area contributed by atoms with E-state index in [1.807, 2.05) is 55.5 Å². The summed E-state index contributed by atoms with van der Waals surface area (Å²) in [5.74, 6) is 1.01. The number of hydrogen-bond acceptors (Lipinski definition) is 3. The quantitative estimate of drug-likeness (QED) is 0.381. The molecule has 3 aromatic carbocycles. The summed E-state index contributed by atoms with van der Waals surface area (Å²) < 4.78 is 11.3. The first-order chi connectivity index (χ1) is 13.5. The predicted octanol–water partition coefficient (Wildman–Crippen LogP) is 7.29. The van der Waals surface area contributed by atoms with E-state index in [-0.39, 0.29) is 0 Å². The van der Waals surface area contributed by atoms with E-state index in [1.165, 1.54) is 0 Å². The van der Waals surface area contributed by atoms with Crippen molar-refractivity contribution < 1.29 is 9.47 Å². The van der Waals surface area contributed by atoms with Crippen molar-refractivity contribution in [2.75, 3.05) is 7.11 Å². The van der Waals surface area contributed by atoms with E-state index in [0.717, 1.165) is 22.4 Å². The third kappa shape index (κ3) is 5.20. The highest BCUT2D eigenvalue weighted by atomic mass is 35.5. The van der Waals surface area contributed by atoms with Crippen LogP contribution < -0.4 is 9.47 Å². The Labute approximate surface area is 179 Å². The molecule has 0 fully saturated rings. The molecule has 0 aliphatic rings. The molecule has 0 aliphatic heterocycles. The fraction of sp³-hybridized carbons (Fsp3) is 0.136. The Bertz CT molecular complexity index is 1000. The Morgan fingerprint density at radius 3 is 2.36 bits per heavy atom. The molecule has 3 nitrogen and oxygen atoms in total. The number of ether oxygens (including phenoxy) is 2. The first kappa shape index (κ1) is 20.5. The van der Waals surface area contributed by atoms with Crippen molar-refractivity contribution >= 4 is 46.7 Å². The fourth-order valence-electron chi connectivity index (χ4n) is 2.50. The van der Waals surface area contributed by atoms with Gasteiger partial charge in [0.2, 0.25) is 0 Å². The first-order valence-corrected chi connectivity index (χ1v) is 9.64. The highest BCUT2D eigenvalue weighted by molar-refractivity contribution is 6.32. The van der Waals surface area contributed by atoms with Crippen molar-refractivity contribution in [2.24, 2.45) is 4.99 Å². The van der Waals surface area contributed by atoms with E-state index in [9.17, 15) is 0 Å². The maximum absolute atomic E-state index is 6.42. The standard InChI is InChI=1S/C22H18Cl3NO2/c1-14-3-8-18(11-19(14)24)26-12-16-9-20(25)22(21(10-16)27-2)28-13-15-4-6-17(23)7-5-15/h3-12H,13H2,1-2H3. The number of nitrogens with zero attached hydrogens (tertiary/aromatic N) is 1. The summed E-state index contributed by atoms with van der Waals surface area (Å²) >= 11 is 18.5. The SMILES string of the molecule is COc1cc(C=Nc2ccc(C)c(Cl)c2)cc(Cl)c1OCc1ccc(Cl)cc1. The Kier molecular flexibility index (Phi) is 6.84. The van der Waals surface area contributed by atoms with Gasteiger partial charge in [-0.2, -0.15) is 0 Å². The number of rotatable bonds is 6. The number of aryl methyl sites for hydroxylation is 1. The van der Waals surface area contributed by atoms with Crippen LogP contribution in [0.4, 0.5) is 5.69 Å². The zero-order chi connectivity index (χ0) is 20.1. The van der Waals surface area contributed by atoms with Gasteiger partial charge in [0.05, 0.1) is 17.8 Å². The number of halogens is 3. The molecule has 0 saturated heterocycles. The van der Waals surface area contributed by atoms with E-state index in [1.54, 1.807) is 19.4 Å². The molecule has 0 aliphatic carbocycles. The van der Waals surface area contributed by atoms with Crippen LogP contribution in [-0.2, 0) is 6.61 Å². The fourth-order valence-corrected chi connectivity index (χ4v) is 3.08. The van der Waals surface area contributed by atoms with Crippen molar-refractivity contribution in [3.63, 3.8) is 0 Å². The Morgan fingerprint density at radius 2 is 1.68 bits per heavy atom. The number of aliphatic imine (C=N–C) groups is 1. The van der Waals surface area contributed by atoms with Gasteiger partial charge >= 0.3 is 0 Å². The van der Waals surface area contributed by atoms with E-state index >= 15 is 0 Å². The van der Waals surface area contributed by atoms with Crippen molar-refractivity contribution in [1.82, 2.24) is 0 Å². The maximum Gasteiger partial charge on any atom is 0.180 e. The summed E-state index contributed by atoms with van der Waals surface area (Å²) in [6.45, 7) is 2.30. The average Bonchev–Trinajstić information content (AvgIpc) is 2.69. The predicted molar refractivity (Wildman–Crippen MR) is 117 cm³/mol. The van der Waals surface area contributed by atoms with Gasteiger partial charge in [0.1, 0.15) is 6.61 Å². The number of benzene rings is 3. The Hall–Kier alpha value is -2.20. The molecule has 0 heterocycles. The summed E-state index contributed by atoms with van der Waals surface area (Å²) in [4.78, 5) is 4.45. The highest BCUT2D eigenvalue weighted by Crippen LogP contribution is 2.37. The van der Waals surface area contributed by atoms with Crippen molar-refractivity contribution in [1.29, 1.82) is 0 Å². The van der Waals surface area contributed by atoms with Crippen LogP contribution in [0.15, 0.2) is 59.6 Å². The molecule has 3 aromatic rings. The van der Waals surface area contributed by atoms with Gasteiger partial charge in [0.25, 0.3) is 0 Å². The van der Waals surface area contributed by atoms with E-state index in [2.05, 4.69) is 4.99 Å². The van der Waals surface area contributed by atoms with E-state index in [0.29, 0.717) is 33.2 Å². The van der Waals surface area contributed by atoms with Crippen molar-refractivity contribution in [2.45, 2.75) is 13.5 Å². The van der Waals surface area contributed by atoms with Gasteiger partial charge in [0.15, 0.2) is 11.5 Å². The molecule has 0 aromatic heterocycles. The van der Waals surface area contributed by atoms with Crippen LogP contribution in [0.2, 0.25) is 15.1 Å². The van der Waals surface area contributed by atoms with Crippen LogP contribution in [0.1, 0.15) is 16.7 Å². The van der Waals surface area contributed by atoms with Crippen LogP contribution in [0.5, 0.6) is 11.5 Å².